The van der Waals surface area contributed by atoms with Crippen molar-refractivity contribution in [1.29, 1.82) is 0 Å². The van der Waals surface area contributed by atoms with E-state index in [1.54, 1.807) is 0 Å². The summed E-state index contributed by atoms with van der Waals surface area (Å²) in [5.41, 5.74) is 0. The third kappa shape index (κ3) is 2.19. The van der Waals surface area contributed by atoms with Gasteiger partial charge in [0.1, 0.15) is 6.10 Å². The molecule has 1 aromatic rings. The van der Waals surface area contributed by atoms with Crippen molar-refractivity contribution in [2.24, 2.45) is 0 Å². The molecule has 0 radical (unpaired) electrons. The molecular formula is C7H7Cl2N3O. The Morgan fingerprint density at radius 1 is 1.08 bits per heavy atom. The minimum absolute atomic E-state index is 0.0642. The van der Waals surface area contributed by atoms with E-state index in [0.717, 1.165) is 12.8 Å². The normalized spacial score (nSPS) is 16.8. The number of hydrogen-bond donors (Lipinski definition) is 0. The quantitative estimate of drug-likeness (QED) is 0.765. The average molecular weight is 220 g/mol. The fraction of sp³-hybridized carbons (Fsp3) is 0.571. The standard InChI is InChI=1S/C7H7Cl2N3O/c8-5-10-6(9)12-7(11-5)13-4-2-1-3-4/h4H,1-3H2. The van der Waals surface area contributed by atoms with E-state index in [1.807, 2.05) is 0 Å². The summed E-state index contributed by atoms with van der Waals surface area (Å²) in [4.78, 5) is 11.2. The summed E-state index contributed by atoms with van der Waals surface area (Å²) in [6, 6.07) is 0.217. The molecule has 0 bridgehead atoms. The molecule has 1 fully saturated rings. The third-order valence-corrected chi connectivity index (χ3v) is 2.22. The Morgan fingerprint density at radius 2 is 1.69 bits per heavy atom. The lowest BCUT2D eigenvalue weighted by Crippen LogP contribution is -2.25. The smallest absolute Gasteiger partial charge is 0.322 e. The van der Waals surface area contributed by atoms with E-state index >= 15 is 0 Å². The number of hydrogen-bond acceptors (Lipinski definition) is 4. The summed E-state index contributed by atoms with van der Waals surface area (Å²) in [5.74, 6) is 0. The van der Waals surface area contributed by atoms with Gasteiger partial charge in [0.05, 0.1) is 0 Å². The maximum absolute atomic E-state index is 5.57. The first-order valence-corrected chi connectivity index (χ1v) is 4.73. The van der Waals surface area contributed by atoms with E-state index in [1.165, 1.54) is 6.42 Å². The van der Waals surface area contributed by atoms with Gasteiger partial charge in [0.25, 0.3) is 0 Å². The molecule has 0 N–H and O–H groups in total. The van der Waals surface area contributed by atoms with Gasteiger partial charge in [0.15, 0.2) is 0 Å². The van der Waals surface area contributed by atoms with Crippen LogP contribution in [-0.2, 0) is 0 Å². The lowest BCUT2D eigenvalue weighted by Gasteiger charge is -2.24. The van der Waals surface area contributed by atoms with E-state index in [-0.39, 0.29) is 22.7 Å². The highest BCUT2D eigenvalue weighted by Gasteiger charge is 2.20. The summed E-state index contributed by atoms with van der Waals surface area (Å²) in [6.07, 6.45) is 3.49. The van der Waals surface area contributed by atoms with Crippen LogP contribution >= 0.6 is 23.2 Å². The predicted molar refractivity (Wildman–Crippen MR) is 48.1 cm³/mol. The van der Waals surface area contributed by atoms with E-state index in [9.17, 15) is 0 Å². The number of ether oxygens (including phenoxy) is 1. The maximum atomic E-state index is 5.57. The van der Waals surface area contributed by atoms with Gasteiger partial charge >= 0.3 is 6.01 Å². The molecule has 1 heterocycles. The second kappa shape index (κ2) is 3.64. The molecule has 0 spiro atoms. The van der Waals surface area contributed by atoms with Crippen molar-refractivity contribution in [3.8, 4) is 6.01 Å². The van der Waals surface area contributed by atoms with Crippen molar-refractivity contribution >= 4 is 23.2 Å². The highest BCUT2D eigenvalue weighted by atomic mass is 35.5. The van der Waals surface area contributed by atoms with Crippen LogP contribution in [0.15, 0.2) is 0 Å². The SMILES string of the molecule is Clc1nc(Cl)nc(OC2CCC2)n1. The zero-order valence-electron chi connectivity index (χ0n) is 6.70. The fourth-order valence-electron chi connectivity index (χ4n) is 0.999. The molecule has 0 aromatic carbocycles. The van der Waals surface area contributed by atoms with Crippen molar-refractivity contribution in [3.63, 3.8) is 0 Å². The number of aromatic nitrogens is 3. The van der Waals surface area contributed by atoms with Crippen LogP contribution in [0.4, 0.5) is 0 Å². The molecule has 13 heavy (non-hydrogen) atoms. The van der Waals surface area contributed by atoms with Crippen LogP contribution in [0, 0.1) is 0 Å². The Bertz CT molecular complexity index is 296. The Morgan fingerprint density at radius 3 is 2.15 bits per heavy atom. The van der Waals surface area contributed by atoms with E-state index in [4.69, 9.17) is 27.9 Å². The lowest BCUT2D eigenvalue weighted by atomic mass is 9.96. The number of rotatable bonds is 2. The van der Waals surface area contributed by atoms with Crippen molar-refractivity contribution in [3.05, 3.63) is 10.6 Å². The van der Waals surface area contributed by atoms with Crippen molar-refractivity contribution in [2.75, 3.05) is 0 Å². The molecule has 0 saturated heterocycles. The summed E-state index contributed by atoms with van der Waals surface area (Å²) in [7, 11) is 0. The van der Waals surface area contributed by atoms with Gasteiger partial charge in [0.2, 0.25) is 10.6 Å². The highest BCUT2D eigenvalue weighted by Crippen LogP contribution is 2.23. The Balaban J connectivity index is 2.10. The minimum atomic E-state index is 0.0642. The van der Waals surface area contributed by atoms with Crippen LogP contribution in [0.1, 0.15) is 19.3 Å². The van der Waals surface area contributed by atoms with Gasteiger partial charge in [-0.25, -0.2) is 0 Å². The summed E-state index contributed by atoms with van der Waals surface area (Å²) in [6.45, 7) is 0. The van der Waals surface area contributed by atoms with Crippen LogP contribution in [0.25, 0.3) is 0 Å². The first-order valence-electron chi connectivity index (χ1n) is 3.98. The van der Waals surface area contributed by atoms with Gasteiger partial charge in [-0.05, 0) is 42.5 Å². The van der Waals surface area contributed by atoms with E-state index < -0.39 is 0 Å². The van der Waals surface area contributed by atoms with Crippen molar-refractivity contribution in [2.45, 2.75) is 25.4 Å². The zero-order chi connectivity index (χ0) is 9.26. The molecule has 1 aliphatic carbocycles. The molecule has 0 aliphatic heterocycles. The van der Waals surface area contributed by atoms with Crippen LogP contribution in [-0.4, -0.2) is 21.1 Å². The zero-order valence-corrected chi connectivity index (χ0v) is 8.22. The van der Waals surface area contributed by atoms with Gasteiger partial charge in [-0.1, -0.05) is 0 Å². The Kier molecular flexibility index (Phi) is 2.51. The van der Waals surface area contributed by atoms with E-state index in [2.05, 4.69) is 15.0 Å². The molecule has 0 unspecified atom stereocenters. The molecule has 70 valence electrons. The monoisotopic (exact) mass is 219 g/mol. The maximum Gasteiger partial charge on any atom is 0.322 e. The second-order valence-corrected chi connectivity index (χ2v) is 3.50. The first-order chi connectivity index (χ1) is 6.24. The molecule has 1 aromatic heterocycles. The van der Waals surface area contributed by atoms with Crippen LogP contribution in [0.2, 0.25) is 10.6 Å². The summed E-state index contributed by atoms with van der Waals surface area (Å²) >= 11 is 11.1. The Labute approximate surface area is 85.3 Å². The fourth-order valence-corrected chi connectivity index (χ4v) is 1.35. The average Bonchev–Trinajstić information content (AvgIpc) is 1.95. The van der Waals surface area contributed by atoms with Gasteiger partial charge in [-0.15, -0.1) is 0 Å². The predicted octanol–water partition coefficient (Wildman–Crippen LogP) is 2.11. The van der Waals surface area contributed by atoms with Gasteiger partial charge < -0.3 is 4.74 Å². The highest BCUT2D eigenvalue weighted by molar-refractivity contribution is 6.31. The largest absolute Gasteiger partial charge is 0.460 e. The molecule has 0 amide bonds. The van der Waals surface area contributed by atoms with Crippen LogP contribution in [0.5, 0.6) is 6.01 Å². The summed E-state index contributed by atoms with van der Waals surface area (Å²) in [5, 5.41) is 0.128. The first kappa shape index (κ1) is 8.97. The summed E-state index contributed by atoms with van der Waals surface area (Å²) < 4.78 is 5.38. The molecule has 4 nitrogen and oxygen atoms in total. The van der Waals surface area contributed by atoms with Crippen molar-refractivity contribution < 1.29 is 4.74 Å². The number of halogens is 2. The van der Waals surface area contributed by atoms with Crippen molar-refractivity contribution in [1.82, 2.24) is 15.0 Å². The lowest BCUT2D eigenvalue weighted by molar-refractivity contribution is 0.108. The minimum Gasteiger partial charge on any atom is -0.460 e. The Hall–Kier alpha value is -0.610. The third-order valence-electron chi connectivity index (χ3n) is 1.88. The second-order valence-electron chi connectivity index (χ2n) is 2.83. The molecule has 6 heteroatoms. The van der Waals surface area contributed by atoms with E-state index in [0.29, 0.717) is 0 Å². The number of nitrogens with zero attached hydrogens (tertiary/aromatic N) is 3. The van der Waals surface area contributed by atoms with Gasteiger partial charge in [-0.3, -0.25) is 0 Å². The van der Waals surface area contributed by atoms with Crippen LogP contribution in [0.3, 0.4) is 0 Å². The van der Waals surface area contributed by atoms with Crippen LogP contribution < -0.4 is 4.74 Å². The molecule has 1 aliphatic rings. The molecular weight excluding hydrogens is 213 g/mol. The topological polar surface area (TPSA) is 47.9 Å². The molecule has 0 atom stereocenters. The van der Waals surface area contributed by atoms with Gasteiger partial charge in [0, 0.05) is 0 Å². The molecule has 2 rings (SSSR count). The molecule has 1 saturated carbocycles. The van der Waals surface area contributed by atoms with Gasteiger partial charge in [-0.2, -0.15) is 15.0 Å².